The molecular weight excluding hydrogens is 260 g/mol. The molecular formula is C14H16N2O4. The molecule has 106 valence electrons. The fourth-order valence-corrected chi connectivity index (χ4v) is 2.14. The molecule has 6 nitrogen and oxygen atoms in total. The number of hydrogen-bond acceptors (Lipinski definition) is 4. The van der Waals surface area contributed by atoms with E-state index in [0.29, 0.717) is 4.74 Å². The first-order valence-corrected chi connectivity index (χ1v) is 6.34. The van der Waals surface area contributed by atoms with E-state index in [-0.39, 0.29) is 12.3 Å². The van der Waals surface area contributed by atoms with Crippen LogP contribution in [0.1, 0.15) is 25.5 Å². The van der Waals surface area contributed by atoms with Gasteiger partial charge in [-0.15, -0.1) is 4.74 Å². The van der Waals surface area contributed by atoms with Gasteiger partial charge in [0.15, 0.2) is 0 Å². The summed E-state index contributed by atoms with van der Waals surface area (Å²) in [5.74, 6) is -0.764. The third kappa shape index (κ3) is 2.43. The number of quaternary nitrogens is 1. The summed E-state index contributed by atoms with van der Waals surface area (Å²) in [4.78, 5) is 11.9. The zero-order chi connectivity index (χ0) is 14.8. The van der Waals surface area contributed by atoms with Crippen LogP contribution in [0, 0.1) is 10.4 Å². The first-order valence-electron chi connectivity index (χ1n) is 6.34. The van der Waals surface area contributed by atoms with Crippen molar-refractivity contribution in [2.75, 3.05) is 6.61 Å². The molecule has 1 aromatic rings. The predicted molar refractivity (Wildman–Crippen MR) is 72.9 cm³/mol. The van der Waals surface area contributed by atoms with Crippen molar-refractivity contribution in [2.24, 2.45) is 0 Å². The normalized spacial score (nSPS) is 22.9. The van der Waals surface area contributed by atoms with Crippen LogP contribution >= 0.6 is 0 Å². The quantitative estimate of drug-likeness (QED) is 0.365. The largest absolute Gasteiger partial charge is 0.617 e. The second-order valence-corrected chi connectivity index (χ2v) is 4.51. The molecule has 0 amide bonds. The fraction of sp³-hybridized carbons (Fsp3) is 0.286. The van der Waals surface area contributed by atoms with E-state index in [1.807, 2.05) is 6.07 Å². The van der Waals surface area contributed by atoms with Crippen LogP contribution in [-0.4, -0.2) is 28.3 Å². The SMILES string of the molecule is CCOC(=O)C1=C[N+]([O-])=C[N+]1([O-])[C@H](C)c1ccccc1. The lowest BCUT2D eigenvalue weighted by atomic mass is 10.1. The van der Waals surface area contributed by atoms with Crippen LogP contribution in [-0.2, 0) is 9.53 Å². The Balaban J connectivity index is 2.37. The minimum atomic E-state index is -1.15. The minimum Gasteiger partial charge on any atom is -0.617 e. The highest BCUT2D eigenvalue weighted by atomic mass is 16.6. The van der Waals surface area contributed by atoms with Gasteiger partial charge in [0.05, 0.1) is 6.61 Å². The summed E-state index contributed by atoms with van der Waals surface area (Å²) in [6, 6.07) is 8.39. The summed E-state index contributed by atoms with van der Waals surface area (Å²) in [5, 5.41) is 24.4. The average Bonchev–Trinajstić information content (AvgIpc) is 2.75. The number of hydrogen-bond donors (Lipinski definition) is 0. The Morgan fingerprint density at radius 1 is 1.40 bits per heavy atom. The zero-order valence-electron chi connectivity index (χ0n) is 11.4. The van der Waals surface area contributed by atoms with Gasteiger partial charge < -0.3 is 15.2 Å². The van der Waals surface area contributed by atoms with E-state index in [9.17, 15) is 15.2 Å². The lowest BCUT2D eigenvalue weighted by molar-refractivity contribution is -0.777. The fourth-order valence-electron chi connectivity index (χ4n) is 2.14. The number of esters is 1. The zero-order valence-corrected chi connectivity index (χ0v) is 11.4. The summed E-state index contributed by atoms with van der Waals surface area (Å²) >= 11 is 0. The van der Waals surface area contributed by atoms with E-state index < -0.39 is 16.7 Å². The van der Waals surface area contributed by atoms with Crippen molar-refractivity contribution in [3.05, 3.63) is 58.2 Å². The second-order valence-electron chi connectivity index (χ2n) is 4.51. The van der Waals surface area contributed by atoms with Gasteiger partial charge in [0.1, 0.15) is 6.04 Å². The first kappa shape index (κ1) is 14.2. The predicted octanol–water partition coefficient (Wildman–Crippen LogP) is 2.02. The van der Waals surface area contributed by atoms with Gasteiger partial charge in [0.25, 0.3) is 11.9 Å². The molecule has 1 aliphatic rings. The maximum Gasteiger partial charge on any atom is 0.400 e. The molecule has 1 aromatic carbocycles. The Kier molecular flexibility index (Phi) is 3.87. The Morgan fingerprint density at radius 3 is 2.65 bits per heavy atom. The molecule has 0 bridgehead atoms. The summed E-state index contributed by atoms with van der Waals surface area (Å²) in [6.45, 7) is 3.46. The highest BCUT2D eigenvalue weighted by molar-refractivity contribution is 5.88. The van der Waals surface area contributed by atoms with Gasteiger partial charge in [-0.3, -0.25) is 0 Å². The van der Waals surface area contributed by atoms with Crippen molar-refractivity contribution < 1.29 is 18.9 Å². The number of carbonyl (C=O) groups is 1. The topological polar surface area (TPSA) is 75.4 Å². The third-order valence-corrected chi connectivity index (χ3v) is 3.25. The summed E-state index contributed by atoms with van der Waals surface area (Å²) < 4.78 is 4.06. The van der Waals surface area contributed by atoms with Crippen molar-refractivity contribution in [3.63, 3.8) is 0 Å². The summed E-state index contributed by atoms with van der Waals surface area (Å²) in [5.41, 5.74) is 0.530. The molecule has 2 rings (SSSR count). The third-order valence-electron chi connectivity index (χ3n) is 3.25. The standard InChI is InChI=1S/C14H16N2O4/c1-3-20-14(17)13-9-15(18)10-16(13,19)11(2)12-7-5-4-6-8-12/h4-11H,3H2,1-2H3/t11-,16?/m1/s1. The van der Waals surface area contributed by atoms with E-state index in [0.717, 1.165) is 18.1 Å². The molecule has 0 saturated carbocycles. The molecule has 0 aliphatic carbocycles. The van der Waals surface area contributed by atoms with Crippen molar-refractivity contribution >= 4 is 12.3 Å². The summed E-state index contributed by atoms with van der Waals surface area (Å²) in [7, 11) is 0. The van der Waals surface area contributed by atoms with E-state index >= 15 is 0 Å². The van der Waals surface area contributed by atoms with E-state index in [1.165, 1.54) is 0 Å². The monoisotopic (exact) mass is 276 g/mol. The molecule has 1 aliphatic heterocycles. The highest BCUT2D eigenvalue weighted by Crippen LogP contribution is 2.33. The number of carbonyl (C=O) groups excluding carboxylic acids is 1. The van der Waals surface area contributed by atoms with Crippen molar-refractivity contribution in [3.8, 4) is 0 Å². The molecule has 6 heteroatoms. The lowest BCUT2D eigenvalue weighted by Gasteiger charge is -2.37. The maximum absolute atomic E-state index is 12.9. The highest BCUT2D eigenvalue weighted by Gasteiger charge is 2.44. The lowest BCUT2D eigenvalue weighted by Crippen LogP contribution is -2.43. The van der Waals surface area contributed by atoms with Gasteiger partial charge >= 0.3 is 12.3 Å². The molecule has 1 heterocycles. The number of rotatable bonds is 4. The number of hydroxylamine groups is 4. The Labute approximate surface area is 117 Å². The van der Waals surface area contributed by atoms with E-state index in [1.54, 1.807) is 38.1 Å². The van der Waals surface area contributed by atoms with Crippen molar-refractivity contribution in [1.29, 1.82) is 0 Å². The van der Waals surface area contributed by atoms with Gasteiger partial charge in [0, 0.05) is 5.56 Å². The van der Waals surface area contributed by atoms with Crippen LogP contribution in [0.25, 0.3) is 0 Å². The van der Waals surface area contributed by atoms with E-state index in [4.69, 9.17) is 4.74 Å². The smallest absolute Gasteiger partial charge is 0.400 e. The molecule has 1 unspecified atom stereocenters. The van der Waals surface area contributed by atoms with Crippen LogP contribution in [0.3, 0.4) is 0 Å². The maximum atomic E-state index is 12.9. The van der Waals surface area contributed by atoms with Crippen LogP contribution < -0.4 is 0 Å². The Bertz CT molecular complexity index is 568. The van der Waals surface area contributed by atoms with Crippen LogP contribution in [0.2, 0.25) is 0 Å². The van der Waals surface area contributed by atoms with Gasteiger partial charge in [-0.1, -0.05) is 30.3 Å². The van der Waals surface area contributed by atoms with Gasteiger partial charge in [0.2, 0.25) is 0 Å². The van der Waals surface area contributed by atoms with E-state index in [2.05, 4.69) is 0 Å². The second kappa shape index (κ2) is 5.44. The van der Waals surface area contributed by atoms with Crippen LogP contribution in [0.15, 0.2) is 42.2 Å². The van der Waals surface area contributed by atoms with Crippen LogP contribution in [0.5, 0.6) is 0 Å². The molecule has 0 saturated heterocycles. The van der Waals surface area contributed by atoms with Crippen LogP contribution in [0.4, 0.5) is 0 Å². The first-order chi connectivity index (χ1) is 9.49. The minimum absolute atomic E-state index is 0.148. The summed E-state index contributed by atoms with van der Waals surface area (Å²) in [6.07, 6.45) is 1.90. The number of benzene rings is 1. The molecule has 2 atom stereocenters. The number of ether oxygens (including phenoxy) is 1. The number of nitrogens with zero attached hydrogens (tertiary/aromatic N) is 2. The molecule has 20 heavy (non-hydrogen) atoms. The molecule has 0 N–H and O–H groups in total. The molecule has 0 spiro atoms. The van der Waals surface area contributed by atoms with Gasteiger partial charge in [-0.05, 0) is 13.8 Å². The van der Waals surface area contributed by atoms with Gasteiger partial charge in [-0.25, -0.2) is 9.44 Å². The van der Waals surface area contributed by atoms with Gasteiger partial charge in [-0.2, -0.15) is 0 Å². The van der Waals surface area contributed by atoms with Crippen molar-refractivity contribution in [1.82, 2.24) is 0 Å². The average molecular weight is 276 g/mol. The molecule has 0 aromatic heterocycles. The molecule has 0 radical (unpaired) electrons. The van der Waals surface area contributed by atoms with Crippen molar-refractivity contribution in [2.45, 2.75) is 19.9 Å². The molecule has 0 fully saturated rings. The Hall–Kier alpha value is -2.18. The Morgan fingerprint density at radius 2 is 2.05 bits per heavy atom.